The lowest BCUT2D eigenvalue weighted by atomic mass is 10.1. The van der Waals surface area contributed by atoms with Gasteiger partial charge in [0.15, 0.2) is 0 Å². The van der Waals surface area contributed by atoms with E-state index in [4.69, 9.17) is 16.9 Å². The molecule has 134 valence electrons. The SMILES string of the molecule is N#Cc1ccc(C(=O)N2CCN(S(=O)(=O)c3ccc(Cl)cc3)CC2)cc1. The number of amides is 1. The molecule has 0 radical (unpaired) electrons. The minimum atomic E-state index is -3.60. The third kappa shape index (κ3) is 3.73. The molecule has 0 atom stereocenters. The number of carbonyl (C=O) groups is 1. The molecule has 0 bridgehead atoms. The third-order valence-corrected chi connectivity index (χ3v) is 6.40. The molecule has 0 N–H and O–H groups in total. The molecule has 6 nitrogen and oxygen atoms in total. The van der Waals surface area contributed by atoms with E-state index in [1.807, 2.05) is 6.07 Å². The van der Waals surface area contributed by atoms with Crippen LogP contribution in [0.15, 0.2) is 53.4 Å². The van der Waals surface area contributed by atoms with E-state index in [2.05, 4.69) is 0 Å². The monoisotopic (exact) mass is 389 g/mol. The van der Waals surface area contributed by atoms with Crippen LogP contribution >= 0.6 is 11.6 Å². The van der Waals surface area contributed by atoms with Gasteiger partial charge in [-0.2, -0.15) is 9.57 Å². The van der Waals surface area contributed by atoms with Crippen LogP contribution in [0.2, 0.25) is 5.02 Å². The van der Waals surface area contributed by atoms with Gasteiger partial charge in [0, 0.05) is 36.8 Å². The van der Waals surface area contributed by atoms with Gasteiger partial charge < -0.3 is 4.90 Å². The summed E-state index contributed by atoms with van der Waals surface area (Å²) < 4.78 is 26.7. The molecule has 1 fully saturated rings. The van der Waals surface area contributed by atoms with Crippen molar-refractivity contribution in [3.05, 3.63) is 64.7 Å². The van der Waals surface area contributed by atoms with Crippen molar-refractivity contribution in [1.82, 2.24) is 9.21 Å². The molecule has 0 aliphatic carbocycles. The smallest absolute Gasteiger partial charge is 0.253 e. The molecule has 0 saturated carbocycles. The van der Waals surface area contributed by atoms with E-state index in [1.165, 1.54) is 16.4 Å². The number of benzene rings is 2. The van der Waals surface area contributed by atoms with Crippen molar-refractivity contribution in [1.29, 1.82) is 5.26 Å². The van der Waals surface area contributed by atoms with Crippen LogP contribution in [0.4, 0.5) is 0 Å². The molecule has 1 aliphatic rings. The first-order chi connectivity index (χ1) is 12.4. The molecular weight excluding hydrogens is 374 g/mol. The molecule has 1 aliphatic heterocycles. The number of rotatable bonds is 3. The van der Waals surface area contributed by atoms with Crippen LogP contribution in [-0.2, 0) is 10.0 Å². The minimum absolute atomic E-state index is 0.168. The molecule has 1 heterocycles. The Labute approximate surface area is 157 Å². The Morgan fingerprint density at radius 2 is 1.54 bits per heavy atom. The summed E-state index contributed by atoms with van der Waals surface area (Å²) >= 11 is 5.81. The maximum Gasteiger partial charge on any atom is 0.253 e. The number of hydrogen-bond acceptors (Lipinski definition) is 4. The zero-order chi connectivity index (χ0) is 18.7. The highest BCUT2D eigenvalue weighted by Gasteiger charge is 2.30. The highest BCUT2D eigenvalue weighted by Crippen LogP contribution is 2.20. The molecule has 0 spiro atoms. The van der Waals surface area contributed by atoms with Gasteiger partial charge in [0.25, 0.3) is 5.91 Å². The summed E-state index contributed by atoms with van der Waals surface area (Å²) in [5.41, 5.74) is 0.971. The highest BCUT2D eigenvalue weighted by molar-refractivity contribution is 7.89. The van der Waals surface area contributed by atoms with Crippen LogP contribution in [0.3, 0.4) is 0 Å². The van der Waals surface area contributed by atoms with Gasteiger partial charge in [-0.3, -0.25) is 4.79 Å². The van der Waals surface area contributed by atoms with E-state index < -0.39 is 10.0 Å². The van der Waals surface area contributed by atoms with E-state index >= 15 is 0 Å². The van der Waals surface area contributed by atoms with Gasteiger partial charge in [-0.1, -0.05) is 11.6 Å². The molecular formula is C18H16ClN3O3S. The fourth-order valence-electron chi connectivity index (χ4n) is 2.76. The van der Waals surface area contributed by atoms with Crippen LogP contribution in [-0.4, -0.2) is 49.7 Å². The Morgan fingerprint density at radius 1 is 0.962 bits per heavy atom. The summed E-state index contributed by atoms with van der Waals surface area (Å²) in [7, 11) is -3.60. The first-order valence-corrected chi connectivity index (χ1v) is 9.79. The lowest BCUT2D eigenvalue weighted by Crippen LogP contribution is -2.50. The average molecular weight is 390 g/mol. The van der Waals surface area contributed by atoms with Crippen molar-refractivity contribution in [3.8, 4) is 6.07 Å². The predicted octanol–water partition coefficient (Wildman–Crippen LogP) is 2.36. The number of halogens is 1. The molecule has 8 heteroatoms. The van der Waals surface area contributed by atoms with E-state index in [1.54, 1.807) is 41.3 Å². The summed E-state index contributed by atoms with van der Waals surface area (Å²) in [4.78, 5) is 14.3. The molecule has 3 rings (SSSR count). The van der Waals surface area contributed by atoms with Crippen molar-refractivity contribution < 1.29 is 13.2 Å². The van der Waals surface area contributed by atoms with Gasteiger partial charge in [0.1, 0.15) is 0 Å². The van der Waals surface area contributed by atoms with Gasteiger partial charge in [-0.05, 0) is 48.5 Å². The summed E-state index contributed by atoms with van der Waals surface area (Å²) in [5.74, 6) is -0.168. The first-order valence-electron chi connectivity index (χ1n) is 7.97. The molecule has 2 aromatic carbocycles. The first kappa shape index (κ1) is 18.4. The second kappa shape index (κ2) is 7.46. The van der Waals surface area contributed by atoms with Gasteiger partial charge in [-0.25, -0.2) is 8.42 Å². The molecule has 0 unspecified atom stereocenters. The number of sulfonamides is 1. The van der Waals surface area contributed by atoms with Gasteiger partial charge >= 0.3 is 0 Å². The average Bonchev–Trinajstić information content (AvgIpc) is 2.68. The highest BCUT2D eigenvalue weighted by atomic mass is 35.5. The van der Waals surface area contributed by atoms with Crippen molar-refractivity contribution in [2.45, 2.75) is 4.90 Å². The second-order valence-electron chi connectivity index (χ2n) is 5.84. The number of hydrogen-bond donors (Lipinski definition) is 0. The Bertz CT molecular complexity index is 943. The summed E-state index contributed by atoms with van der Waals surface area (Å²) in [6.45, 7) is 1.08. The van der Waals surface area contributed by atoms with Crippen molar-refractivity contribution in [2.75, 3.05) is 26.2 Å². The zero-order valence-electron chi connectivity index (χ0n) is 13.8. The fraction of sp³-hybridized carbons (Fsp3) is 0.222. The van der Waals surface area contributed by atoms with Gasteiger partial charge in [-0.15, -0.1) is 0 Å². The Hall–Kier alpha value is -2.40. The summed E-state index contributed by atoms with van der Waals surface area (Å²) in [5, 5.41) is 9.29. The van der Waals surface area contributed by atoms with E-state index in [0.29, 0.717) is 29.2 Å². The Kier molecular flexibility index (Phi) is 5.28. The van der Waals surface area contributed by atoms with Crippen LogP contribution in [0.5, 0.6) is 0 Å². The Morgan fingerprint density at radius 3 is 2.08 bits per heavy atom. The van der Waals surface area contributed by atoms with Gasteiger partial charge in [0.2, 0.25) is 10.0 Å². The summed E-state index contributed by atoms with van der Waals surface area (Å²) in [6.07, 6.45) is 0. The molecule has 1 saturated heterocycles. The number of carbonyl (C=O) groups excluding carboxylic acids is 1. The quantitative estimate of drug-likeness (QED) is 0.806. The van der Waals surface area contributed by atoms with E-state index in [0.717, 1.165) is 0 Å². The van der Waals surface area contributed by atoms with Crippen LogP contribution < -0.4 is 0 Å². The number of piperazine rings is 1. The number of nitriles is 1. The maximum atomic E-state index is 12.7. The molecule has 0 aromatic heterocycles. The Balaban J connectivity index is 1.67. The summed E-state index contributed by atoms with van der Waals surface area (Å²) in [6, 6.07) is 14.4. The van der Waals surface area contributed by atoms with Crippen LogP contribution in [0.25, 0.3) is 0 Å². The lowest BCUT2D eigenvalue weighted by Gasteiger charge is -2.34. The maximum absolute atomic E-state index is 12.7. The normalized spacial score (nSPS) is 15.5. The van der Waals surface area contributed by atoms with E-state index in [9.17, 15) is 13.2 Å². The standard InChI is InChI=1S/C18H16ClN3O3S/c19-16-5-7-17(8-6-16)26(24,25)22-11-9-21(10-12-22)18(23)15-3-1-14(13-20)2-4-15/h1-8H,9-12H2. The zero-order valence-corrected chi connectivity index (χ0v) is 15.4. The lowest BCUT2D eigenvalue weighted by molar-refractivity contribution is 0.0698. The minimum Gasteiger partial charge on any atom is -0.336 e. The molecule has 1 amide bonds. The van der Waals surface area contributed by atoms with E-state index in [-0.39, 0.29) is 23.9 Å². The third-order valence-electron chi connectivity index (χ3n) is 4.24. The molecule has 2 aromatic rings. The largest absolute Gasteiger partial charge is 0.336 e. The fourth-order valence-corrected chi connectivity index (χ4v) is 4.31. The van der Waals surface area contributed by atoms with Crippen molar-refractivity contribution in [2.24, 2.45) is 0 Å². The van der Waals surface area contributed by atoms with Gasteiger partial charge in [0.05, 0.1) is 16.5 Å². The molecule has 26 heavy (non-hydrogen) atoms. The predicted molar refractivity (Wildman–Crippen MR) is 97.3 cm³/mol. The topological polar surface area (TPSA) is 81.5 Å². The second-order valence-corrected chi connectivity index (χ2v) is 8.21. The van der Waals surface area contributed by atoms with Crippen LogP contribution in [0, 0.1) is 11.3 Å². The van der Waals surface area contributed by atoms with Crippen molar-refractivity contribution in [3.63, 3.8) is 0 Å². The van der Waals surface area contributed by atoms with Crippen LogP contribution in [0.1, 0.15) is 15.9 Å². The van der Waals surface area contributed by atoms with Crippen molar-refractivity contribution >= 4 is 27.5 Å². The number of nitrogens with zero attached hydrogens (tertiary/aromatic N) is 3.